The van der Waals surface area contributed by atoms with Crippen molar-refractivity contribution in [2.24, 2.45) is 0 Å². The van der Waals surface area contributed by atoms with Crippen molar-refractivity contribution in [3.8, 4) is 5.75 Å². The van der Waals surface area contributed by atoms with E-state index in [9.17, 15) is 14.4 Å². The van der Waals surface area contributed by atoms with E-state index in [-0.39, 0.29) is 12.3 Å². The van der Waals surface area contributed by atoms with Gasteiger partial charge >= 0.3 is 5.97 Å². The van der Waals surface area contributed by atoms with Crippen LogP contribution in [0, 0.1) is 0 Å². The maximum Gasteiger partial charge on any atom is 0.328 e. The third kappa shape index (κ3) is 5.17. The Kier molecular flexibility index (Phi) is 7.30. The highest BCUT2D eigenvalue weighted by Crippen LogP contribution is 2.32. The number of fused-ring (bicyclic) bond motifs is 1. The van der Waals surface area contributed by atoms with Crippen molar-refractivity contribution in [3.63, 3.8) is 0 Å². The van der Waals surface area contributed by atoms with Gasteiger partial charge in [-0.15, -0.1) is 0 Å². The normalized spacial score (nSPS) is 14.2. The molecule has 2 aromatic rings. The maximum atomic E-state index is 12.8. The second-order valence-electron chi connectivity index (χ2n) is 7.77. The van der Waals surface area contributed by atoms with Gasteiger partial charge in [0.25, 0.3) is 0 Å². The van der Waals surface area contributed by atoms with Crippen molar-refractivity contribution < 1.29 is 23.9 Å². The Balaban J connectivity index is 1.63. The topological polar surface area (TPSA) is 93.7 Å². The fourth-order valence-corrected chi connectivity index (χ4v) is 3.76. The number of carbonyl (C=O) groups is 3. The molecule has 32 heavy (non-hydrogen) atoms. The molecular weight excluding hydrogens is 408 g/mol. The molecule has 3 rings (SSSR count). The molecule has 2 atom stereocenters. The van der Waals surface area contributed by atoms with E-state index in [2.05, 4.69) is 10.6 Å². The van der Waals surface area contributed by atoms with E-state index in [1.54, 1.807) is 26.2 Å². The molecule has 1 aliphatic carbocycles. The van der Waals surface area contributed by atoms with Crippen LogP contribution in [-0.4, -0.2) is 44.1 Å². The largest absolute Gasteiger partial charge is 0.497 e. The van der Waals surface area contributed by atoms with E-state index in [0.717, 1.165) is 22.3 Å². The van der Waals surface area contributed by atoms with Gasteiger partial charge in [-0.2, -0.15) is 0 Å². The molecule has 0 heterocycles. The Hall–Kier alpha value is -3.61. The summed E-state index contributed by atoms with van der Waals surface area (Å²) in [6, 6.07) is 13.4. The predicted octanol–water partition coefficient (Wildman–Crippen LogP) is 2.43. The molecule has 2 N–H and O–H groups in total. The number of benzene rings is 2. The average molecular weight is 437 g/mol. The lowest BCUT2D eigenvalue weighted by Crippen LogP contribution is -2.51. The van der Waals surface area contributed by atoms with Gasteiger partial charge in [0.2, 0.25) is 11.8 Å². The number of amides is 2. The number of nitrogens with one attached hydrogen (secondary N) is 2. The van der Waals surface area contributed by atoms with E-state index in [0.29, 0.717) is 17.7 Å². The van der Waals surface area contributed by atoms with Crippen molar-refractivity contribution >= 4 is 23.4 Å². The number of methoxy groups -OCH3 is 2. The first-order valence-electron chi connectivity index (χ1n) is 10.4. The van der Waals surface area contributed by atoms with Crippen molar-refractivity contribution in [2.45, 2.75) is 38.8 Å². The zero-order valence-corrected chi connectivity index (χ0v) is 18.7. The summed E-state index contributed by atoms with van der Waals surface area (Å²) in [5.74, 6) is -0.609. The van der Waals surface area contributed by atoms with Crippen LogP contribution in [0.25, 0.3) is 5.57 Å². The van der Waals surface area contributed by atoms with Crippen molar-refractivity contribution in [3.05, 3.63) is 70.8 Å². The van der Waals surface area contributed by atoms with Crippen LogP contribution < -0.4 is 15.4 Å². The Morgan fingerprint density at radius 3 is 2.31 bits per heavy atom. The Labute approximate surface area is 187 Å². The van der Waals surface area contributed by atoms with E-state index < -0.39 is 24.0 Å². The van der Waals surface area contributed by atoms with Gasteiger partial charge in [0.15, 0.2) is 0 Å². The van der Waals surface area contributed by atoms with E-state index in [1.165, 1.54) is 7.11 Å². The Morgan fingerprint density at radius 1 is 1.00 bits per heavy atom. The second-order valence-corrected chi connectivity index (χ2v) is 7.77. The molecule has 0 spiro atoms. The lowest BCUT2D eigenvalue weighted by Gasteiger charge is -2.20. The van der Waals surface area contributed by atoms with Crippen LogP contribution in [0.5, 0.6) is 5.75 Å². The number of carbonyl (C=O) groups excluding carboxylic acids is 3. The van der Waals surface area contributed by atoms with Gasteiger partial charge in [-0.3, -0.25) is 9.59 Å². The third-order valence-electron chi connectivity index (χ3n) is 5.66. The number of rotatable bonds is 8. The van der Waals surface area contributed by atoms with Crippen molar-refractivity contribution in [1.29, 1.82) is 0 Å². The lowest BCUT2D eigenvalue weighted by molar-refractivity contribution is -0.145. The first kappa shape index (κ1) is 23.1. The zero-order chi connectivity index (χ0) is 23.3. The molecule has 7 nitrogen and oxygen atoms in total. The molecule has 0 aromatic heterocycles. The Bertz CT molecular complexity index is 1040. The minimum Gasteiger partial charge on any atom is -0.497 e. The van der Waals surface area contributed by atoms with Crippen LogP contribution in [0.2, 0.25) is 0 Å². The standard InChI is InChI=1S/C25H28N2O5/c1-15-20-8-6-5-7-18(20)14-21(15)24(29)26-16(2)23(28)27-22(25(30)32-4)13-17-9-11-19(31-3)12-10-17/h5-12,16,22H,13-14H2,1-4H3,(H,26,29)(H,27,28). The monoisotopic (exact) mass is 436 g/mol. The summed E-state index contributed by atoms with van der Waals surface area (Å²) in [4.78, 5) is 37.8. The minimum absolute atomic E-state index is 0.253. The SMILES string of the molecule is COC(=O)C(Cc1ccc(OC)cc1)NC(=O)C(C)NC(=O)C1=C(C)c2ccccc2C1. The Morgan fingerprint density at radius 2 is 1.69 bits per heavy atom. The second kappa shape index (κ2) is 10.1. The molecular formula is C25H28N2O5. The molecule has 2 unspecified atom stereocenters. The van der Waals surface area contributed by atoms with Gasteiger partial charge in [0, 0.05) is 18.4 Å². The van der Waals surface area contributed by atoms with Gasteiger partial charge < -0.3 is 20.1 Å². The molecule has 0 saturated carbocycles. The number of esters is 1. The smallest absolute Gasteiger partial charge is 0.328 e. The first-order chi connectivity index (χ1) is 15.3. The number of hydrogen-bond donors (Lipinski definition) is 2. The summed E-state index contributed by atoms with van der Waals surface area (Å²) in [7, 11) is 2.84. The maximum absolute atomic E-state index is 12.8. The van der Waals surface area contributed by atoms with Crippen LogP contribution in [0.1, 0.15) is 30.5 Å². The molecule has 0 fully saturated rings. The predicted molar refractivity (Wildman–Crippen MR) is 121 cm³/mol. The van der Waals surface area contributed by atoms with Crippen molar-refractivity contribution in [2.75, 3.05) is 14.2 Å². The molecule has 7 heteroatoms. The zero-order valence-electron chi connectivity index (χ0n) is 18.7. The average Bonchev–Trinajstić information content (AvgIpc) is 3.15. The lowest BCUT2D eigenvalue weighted by atomic mass is 10.1. The fourth-order valence-electron chi connectivity index (χ4n) is 3.76. The van der Waals surface area contributed by atoms with E-state index in [1.807, 2.05) is 43.3 Å². The van der Waals surface area contributed by atoms with Crippen LogP contribution in [-0.2, 0) is 32.0 Å². The highest BCUT2D eigenvalue weighted by atomic mass is 16.5. The molecule has 0 radical (unpaired) electrons. The first-order valence-corrected chi connectivity index (χ1v) is 10.4. The molecule has 0 saturated heterocycles. The summed E-state index contributed by atoms with van der Waals surface area (Å²) in [5, 5.41) is 5.44. The molecule has 1 aliphatic rings. The van der Waals surface area contributed by atoms with E-state index in [4.69, 9.17) is 9.47 Å². The van der Waals surface area contributed by atoms with E-state index >= 15 is 0 Å². The van der Waals surface area contributed by atoms with Gasteiger partial charge in [-0.05, 0) is 48.2 Å². The summed E-state index contributed by atoms with van der Waals surface area (Å²) >= 11 is 0. The number of allylic oxidation sites excluding steroid dienone is 1. The number of ether oxygens (including phenoxy) is 2. The van der Waals surface area contributed by atoms with Gasteiger partial charge in [-0.25, -0.2) is 4.79 Å². The van der Waals surface area contributed by atoms with Crippen LogP contribution in [0.3, 0.4) is 0 Å². The van der Waals surface area contributed by atoms with Gasteiger partial charge in [-0.1, -0.05) is 36.4 Å². The van der Waals surface area contributed by atoms with Gasteiger partial charge in [0.1, 0.15) is 17.8 Å². The summed E-state index contributed by atoms with van der Waals surface area (Å²) in [5.41, 5.74) is 4.55. The van der Waals surface area contributed by atoms with Crippen LogP contribution >= 0.6 is 0 Å². The summed E-state index contributed by atoms with van der Waals surface area (Å²) in [6.07, 6.45) is 0.785. The quantitative estimate of drug-likeness (QED) is 0.620. The number of hydrogen-bond acceptors (Lipinski definition) is 5. The van der Waals surface area contributed by atoms with Gasteiger partial charge in [0.05, 0.1) is 14.2 Å². The van der Waals surface area contributed by atoms with Crippen molar-refractivity contribution in [1.82, 2.24) is 10.6 Å². The molecule has 0 bridgehead atoms. The van der Waals surface area contributed by atoms with Crippen LogP contribution in [0.4, 0.5) is 0 Å². The molecule has 2 aromatic carbocycles. The highest BCUT2D eigenvalue weighted by Gasteiger charge is 2.28. The third-order valence-corrected chi connectivity index (χ3v) is 5.66. The summed E-state index contributed by atoms with van der Waals surface area (Å²) < 4.78 is 9.99. The summed E-state index contributed by atoms with van der Waals surface area (Å²) in [6.45, 7) is 3.50. The van der Waals surface area contributed by atoms with Crippen LogP contribution in [0.15, 0.2) is 54.1 Å². The molecule has 2 amide bonds. The minimum atomic E-state index is -0.878. The molecule has 0 aliphatic heterocycles. The highest BCUT2D eigenvalue weighted by molar-refractivity contribution is 6.05. The fraction of sp³-hybridized carbons (Fsp3) is 0.320. The molecule has 168 valence electrons.